The van der Waals surface area contributed by atoms with Crippen molar-refractivity contribution in [2.75, 3.05) is 32.7 Å². The van der Waals surface area contributed by atoms with Crippen LogP contribution in [0.3, 0.4) is 0 Å². The maximum atomic E-state index is 12.5. The maximum Gasteiger partial charge on any atom is 0.315 e. The fourth-order valence-corrected chi connectivity index (χ4v) is 2.90. The molecule has 0 bridgehead atoms. The third-order valence-electron chi connectivity index (χ3n) is 4.21. The molecule has 0 unspecified atom stereocenters. The number of benzene rings is 1. The summed E-state index contributed by atoms with van der Waals surface area (Å²) in [4.78, 5) is 25.9. The van der Waals surface area contributed by atoms with Crippen molar-refractivity contribution in [1.82, 2.24) is 20.9 Å². The Morgan fingerprint density at radius 3 is 2.71 bits per heavy atom. The molecule has 0 radical (unpaired) electrons. The predicted molar refractivity (Wildman–Crippen MR) is 94.8 cm³/mol. The van der Waals surface area contributed by atoms with Gasteiger partial charge in [0.05, 0.1) is 6.54 Å². The van der Waals surface area contributed by atoms with Gasteiger partial charge in [-0.15, -0.1) is 0 Å². The third kappa shape index (κ3) is 6.20. The molecule has 132 valence electrons. The second kappa shape index (κ2) is 9.93. The Labute approximate surface area is 144 Å². The van der Waals surface area contributed by atoms with E-state index in [1.165, 1.54) is 5.56 Å². The standard InChI is InChI=1S/C18H28N4O2/c1-2-19-18(24)21-13-17(23)22(14-16-9-6-11-20-16)12-10-15-7-4-3-5-8-15/h3-5,7-8,16,20H,2,6,9-14H2,1H3,(H2,19,21,24)/t16-/m0/s1. The van der Waals surface area contributed by atoms with Crippen LogP contribution in [-0.2, 0) is 11.2 Å². The molecule has 24 heavy (non-hydrogen) atoms. The van der Waals surface area contributed by atoms with Gasteiger partial charge in [-0.25, -0.2) is 4.79 Å². The fourth-order valence-electron chi connectivity index (χ4n) is 2.90. The van der Waals surface area contributed by atoms with Crippen LogP contribution >= 0.6 is 0 Å². The number of urea groups is 1. The van der Waals surface area contributed by atoms with Crippen molar-refractivity contribution >= 4 is 11.9 Å². The van der Waals surface area contributed by atoms with Crippen LogP contribution in [0.25, 0.3) is 0 Å². The molecule has 3 N–H and O–H groups in total. The summed E-state index contributed by atoms with van der Waals surface area (Å²) < 4.78 is 0. The third-order valence-corrected chi connectivity index (χ3v) is 4.21. The van der Waals surface area contributed by atoms with Crippen molar-refractivity contribution in [3.05, 3.63) is 35.9 Å². The van der Waals surface area contributed by atoms with Gasteiger partial charge in [0, 0.05) is 25.7 Å². The molecule has 6 nitrogen and oxygen atoms in total. The van der Waals surface area contributed by atoms with E-state index in [4.69, 9.17) is 0 Å². The molecule has 3 amide bonds. The molecular weight excluding hydrogens is 304 g/mol. The second-order valence-electron chi connectivity index (χ2n) is 6.08. The number of rotatable bonds is 8. The van der Waals surface area contributed by atoms with Gasteiger partial charge in [-0.2, -0.15) is 0 Å². The summed E-state index contributed by atoms with van der Waals surface area (Å²) >= 11 is 0. The van der Waals surface area contributed by atoms with Crippen LogP contribution in [0.5, 0.6) is 0 Å². The highest BCUT2D eigenvalue weighted by molar-refractivity contribution is 5.84. The lowest BCUT2D eigenvalue weighted by Gasteiger charge is -2.26. The van der Waals surface area contributed by atoms with Crippen LogP contribution in [-0.4, -0.2) is 55.6 Å². The Morgan fingerprint density at radius 1 is 1.25 bits per heavy atom. The maximum absolute atomic E-state index is 12.5. The van der Waals surface area contributed by atoms with Gasteiger partial charge >= 0.3 is 6.03 Å². The monoisotopic (exact) mass is 332 g/mol. The molecule has 0 aliphatic carbocycles. The molecule has 1 aromatic carbocycles. The SMILES string of the molecule is CCNC(=O)NCC(=O)N(CCc1ccccc1)C[C@@H]1CCCN1. The average Bonchev–Trinajstić information content (AvgIpc) is 3.11. The summed E-state index contributed by atoms with van der Waals surface area (Å²) in [5.41, 5.74) is 1.21. The lowest BCUT2D eigenvalue weighted by atomic mass is 10.1. The summed E-state index contributed by atoms with van der Waals surface area (Å²) in [5.74, 6) is -0.0362. The number of amides is 3. The number of hydrogen-bond donors (Lipinski definition) is 3. The molecule has 0 aromatic heterocycles. The first kappa shape index (κ1) is 18.3. The van der Waals surface area contributed by atoms with E-state index in [1.807, 2.05) is 30.0 Å². The number of carbonyl (C=O) groups excluding carboxylic acids is 2. The minimum absolute atomic E-state index is 0.0351. The van der Waals surface area contributed by atoms with Gasteiger partial charge in [-0.1, -0.05) is 30.3 Å². The molecule has 1 fully saturated rings. The highest BCUT2D eigenvalue weighted by Gasteiger charge is 2.21. The Hall–Kier alpha value is -2.08. The molecule has 1 atom stereocenters. The molecule has 2 rings (SSSR count). The topological polar surface area (TPSA) is 73.5 Å². The number of carbonyl (C=O) groups is 2. The smallest absolute Gasteiger partial charge is 0.315 e. The molecular formula is C18H28N4O2. The first-order chi connectivity index (χ1) is 11.7. The summed E-state index contributed by atoms with van der Waals surface area (Å²) in [5, 5.41) is 8.69. The van der Waals surface area contributed by atoms with E-state index in [2.05, 4.69) is 28.1 Å². The zero-order valence-corrected chi connectivity index (χ0v) is 14.4. The normalized spacial score (nSPS) is 16.6. The number of hydrogen-bond acceptors (Lipinski definition) is 3. The molecule has 1 aliphatic heterocycles. The van der Waals surface area contributed by atoms with E-state index in [1.54, 1.807) is 0 Å². The predicted octanol–water partition coefficient (Wildman–Crippen LogP) is 1.13. The van der Waals surface area contributed by atoms with E-state index in [-0.39, 0.29) is 18.5 Å². The Morgan fingerprint density at radius 2 is 2.04 bits per heavy atom. The Bertz CT molecular complexity index is 515. The van der Waals surface area contributed by atoms with Crippen LogP contribution in [0, 0.1) is 0 Å². The van der Waals surface area contributed by atoms with Crippen molar-refractivity contribution in [2.24, 2.45) is 0 Å². The number of nitrogens with zero attached hydrogens (tertiary/aromatic N) is 1. The van der Waals surface area contributed by atoms with E-state index >= 15 is 0 Å². The zero-order chi connectivity index (χ0) is 17.2. The van der Waals surface area contributed by atoms with Crippen molar-refractivity contribution in [2.45, 2.75) is 32.2 Å². The highest BCUT2D eigenvalue weighted by atomic mass is 16.2. The summed E-state index contributed by atoms with van der Waals surface area (Å²) in [6.07, 6.45) is 3.07. The number of nitrogens with one attached hydrogen (secondary N) is 3. The molecule has 1 heterocycles. The van der Waals surface area contributed by atoms with Crippen LogP contribution < -0.4 is 16.0 Å². The van der Waals surface area contributed by atoms with E-state index in [9.17, 15) is 9.59 Å². The van der Waals surface area contributed by atoms with Gasteiger partial charge in [-0.3, -0.25) is 4.79 Å². The second-order valence-corrected chi connectivity index (χ2v) is 6.08. The van der Waals surface area contributed by atoms with Gasteiger partial charge in [0.15, 0.2) is 0 Å². The lowest BCUT2D eigenvalue weighted by Crippen LogP contribution is -2.47. The van der Waals surface area contributed by atoms with Crippen LogP contribution in [0.4, 0.5) is 4.79 Å². The molecule has 0 spiro atoms. The van der Waals surface area contributed by atoms with Gasteiger partial charge in [0.2, 0.25) is 5.91 Å². The van der Waals surface area contributed by atoms with Crippen LogP contribution in [0.15, 0.2) is 30.3 Å². The van der Waals surface area contributed by atoms with Gasteiger partial charge in [0.25, 0.3) is 0 Å². The first-order valence-corrected chi connectivity index (χ1v) is 8.76. The molecule has 0 saturated carbocycles. The van der Waals surface area contributed by atoms with E-state index < -0.39 is 0 Å². The quantitative estimate of drug-likeness (QED) is 0.668. The van der Waals surface area contributed by atoms with Gasteiger partial charge in [-0.05, 0) is 38.3 Å². The lowest BCUT2D eigenvalue weighted by molar-refractivity contribution is -0.130. The molecule has 6 heteroatoms. The van der Waals surface area contributed by atoms with Gasteiger partial charge < -0.3 is 20.9 Å². The zero-order valence-electron chi connectivity index (χ0n) is 14.4. The van der Waals surface area contributed by atoms with Crippen molar-refractivity contribution in [3.8, 4) is 0 Å². The van der Waals surface area contributed by atoms with E-state index in [0.717, 1.165) is 25.8 Å². The van der Waals surface area contributed by atoms with Crippen molar-refractivity contribution < 1.29 is 9.59 Å². The van der Waals surface area contributed by atoms with Crippen LogP contribution in [0.1, 0.15) is 25.3 Å². The minimum atomic E-state index is -0.298. The largest absolute Gasteiger partial charge is 0.339 e. The average molecular weight is 332 g/mol. The fraction of sp³-hybridized carbons (Fsp3) is 0.556. The molecule has 1 saturated heterocycles. The molecule has 1 aromatic rings. The highest BCUT2D eigenvalue weighted by Crippen LogP contribution is 2.09. The van der Waals surface area contributed by atoms with Crippen molar-refractivity contribution in [3.63, 3.8) is 0 Å². The summed E-state index contributed by atoms with van der Waals surface area (Å²) in [6.45, 7) is 4.81. The van der Waals surface area contributed by atoms with Crippen LogP contribution in [0.2, 0.25) is 0 Å². The Kier molecular flexibility index (Phi) is 7.55. The van der Waals surface area contributed by atoms with Gasteiger partial charge in [0.1, 0.15) is 0 Å². The van der Waals surface area contributed by atoms with E-state index in [0.29, 0.717) is 25.7 Å². The Balaban J connectivity index is 1.88. The summed E-state index contributed by atoms with van der Waals surface area (Å²) in [7, 11) is 0. The molecule has 1 aliphatic rings. The van der Waals surface area contributed by atoms with Crippen molar-refractivity contribution in [1.29, 1.82) is 0 Å². The minimum Gasteiger partial charge on any atom is -0.339 e. The summed E-state index contributed by atoms with van der Waals surface area (Å²) in [6, 6.07) is 10.2. The first-order valence-electron chi connectivity index (χ1n) is 8.76.